The van der Waals surface area contributed by atoms with Gasteiger partial charge in [0.2, 0.25) is 5.13 Å². The average Bonchev–Trinajstić information content (AvgIpc) is 3.14. The van der Waals surface area contributed by atoms with E-state index < -0.39 is 18.0 Å². The van der Waals surface area contributed by atoms with Gasteiger partial charge in [0, 0.05) is 0 Å². The smallest absolute Gasteiger partial charge is 0.338 e. The van der Waals surface area contributed by atoms with Gasteiger partial charge in [-0.25, -0.2) is 9.78 Å². The van der Waals surface area contributed by atoms with E-state index in [0.29, 0.717) is 16.2 Å². The zero-order valence-electron chi connectivity index (χ0n) is 12.3. The summed E-state index contributed by atoms with van der Waals surface area (Å²) in [4.78, 5) is 28.0. The van der Waals surface area contributed by atoms with Crippen molar-refractivity contribution in [1.82, 2.24) is 15.2 Å². The monoisotopic (exact) mass is 332 g/mol. The van der Waals surface area contributed by atoms with E-state index in [4.69, 9.17) is 9.15 Å². The number of ether oxygens (including phenoxy) is 1. The number of nitrogens with one attached hydrogen (secondary N) is 1. The van der Waals surface area contributed by atoms with Crippen LogP contribution in [0, 0.1) is 6.92 Å². The molecule has 0 bridgehead atoms. The summed E-state index contributed by atoms with van der Waals surface area (Å²) in [7, 11) is 0. The lowest BCUT2D eigenvalue weighted by Crippen LogP contribution is -2.30. The van der Waals surface area contributed by atoms with Crippen molar-refractivity contribution in [3.05, 3.63) is 35.2 Å². The number of oxazole rings is 1. The molecule has 0 spiro atoms. The molecule has 118 valence electrons. The van der Waals surface area contributed by atoms with Crippen LogP contribution in [0.5, 0.6) is 0 Å². The van der Waals surface area contributed by atoms with Gasteiger partial charge < -0.3 is 9.15 Å². The molecule has 1 atom stereocenters. The van der Waals surface area contributed by atoms with Crippen LogP contribution in [0.25, 0.3) is 11.1 Å². The fraction of sp³-hybridized carbons (Fsp3) is 0.214. The maximum absolute atomic E-state index is 12.1. The molecule has 1 aromatic carbocycles. The molecule has 2 aromatic heterocycles. The number of hydrogen-bond acceptors (Lipinski definition) is 8. The van der Waals surface area contributed by atoms with E-state index in [1.165, 1.54) is 24.7 Å². The lowest BCUT2D eigenvalue weighted by molar-refractivity contribution is -0.123. The van der Waals surface area contributed by atoms with Crippen LogP contribution in [0.3, 0.4) is 0 Å². The van der Waals surface area contributed by atoms with Crippen LogP contribution in [-0.2, 0) is 9.53 Å². The molecule has 0 radical (unpaired) electrons. The van der Waals surface area contributed by atoms with Gasteiger partial charge in [0.15, 0.2) is 18.1 Å². The molecule has 0 saturated heterocycles. The summed E-state index contributed by atoms with van der Waals surface area (Å²) in [5, 5.41) is 11.2. The van der Waals surface area contributed by atoms with E-state index in [2.05, 4.69) is 20.5 Å². The molecule has 9 heteroatoms. The van der Waals surface area contributed by atoms with Crippen LogP contribution in [0.15, 0.2) is 29.0 Å². The van der Waals surface area contributed by atoms with Crippen LogP contribution in [0.1, 0.15) is 22.3 Å². The van der Waals surface area contributed by atoms with Crippen molar-refractivity contribution in [2.75, 3.05) is 5.32 Å². The second-order valence-electron chi connectivity index (χ2n) is 4.70. The molecule has 3 rings (SSSR count). The average molecular weight is 332 g/mol. The van der Waals surface area contributed by atoms with Crippen LogP contribution in [-0.4, -0.2) is 33.2 Å². The second-order valence-corrected chi connectivity index (χ2v) is 5.88. The maximum Gasteiger partial charge on any atom is 0.338 e. The van der Waals surface area contributed by atoms with Gasteiger partial charge in [-0.15, -0.1) is 10.2 Å². The zero-order valence-corrected chi connectivity index (χ0v) is 13.1. The van der Waals surface area contributed by atoms with Crippen molar-refractivity contribution >= 4 is 39.4 Å². The fourth-order valence-electron chi connectivity index (χ4n) is 1.82. The van der Waals surface area contributed by atoms with Crippen LogP contribution in [0.2, 0.25) is 0 Å². The molecule has 8 nitrogen and oxygen atoms in total. The van der Waals surface area contributed by atoms with Crippen molar-refractivity contribution < 1.29 is 18.7 Å². The van der Waals surface area contributed by atoms with Gasteiger partial charge in [0.05, 0.1) is 5.56 Å². The number of amides is 1. The Morgan fingerprint density at radius 2 is 2.17 bits per heavy atom. The molecule has 0 fully saturated rings. The summed E-state index contributed by atoms with van der Waals surface area (Å²) in [5.41, 5.74) is 1.40. The van der Waals surface area contributed by atoms with Crippen molar-refractivity contribution in [2.45, 2.75) is 20.0 Å². The van der Waals surface area contributed by atoms with Gasteiger partial charge in [-0.05, 0) is 32.0 Å². The number of hydrogen-bond donors (Lipinski definition) is 1. The minimum atomic E-state index is -0.972. The topological polar surface area (TPSA) is 107 Å². The Morgan fingerprint density at radius 3 is 2.91 bits per heavy atom. The molecule has 1 amide bonds. The highest BCUT2D eigenvalue weighted by molar-refractivity contribution is 7.15. The molecular weight excluding hydrogens is 320 g/mol. The number of aromatic nitrogens is 3. The minimum Gasteiger partial charge on any atom is -0.449 e. The van der Waals surface area contributed by atoms with Crippen molar-refractivity contribution in [3.63, 3.8) is 0 Å². The van der Waals surface area contributed by atoms with Gasteiger partial charge in [0.1, 0.15) is 10.5 Å². The first kappa shape index (κ1) is 15.1. The normalized spacial score (nSPS) is 12.1. The second kappa shape index (κ2) is 6.13. The number of benzene rings is 1. The molecule has 3 aromatic rings. The van der Waals surface area contributed by atoms with E-state index in [0.717, 1.165) is 5.01 Å². The highest BCUT2D eigenvalue weighted by Crippen LogP contribution is 2.17. The SMILES string of the molecule is Cc1nnc(NC(=O)C(C)OC(=O)c2ccc3ocnc3c2)s1. The van der Waals surface area contributed by atoms with Gasteiger partial charge in [-0.2, -0.15) is 0 Å². The molecular formula is C14H12N4O4S. The summed E-state index contributed by atoms with van der Waals surface area (Å²) in [6, 6.07) is 4.71. The summed E-state index contributed by atoms with van der Waals surface area (Å²) < 4.78 is 10.3. The van der Waals surface area contributed by atoms with E-state index in [-0.39, 0.29) is 5.56 Å². The lowest BCUT2D eigenvalue weighted by atomic mass is 10.2. The Bertz CT molecular complexity index is 872. The van der Waals surface area contributed by atoms with Gasteiger partial charge in [0.25, 0.3) is 5.91 Å². The molecule has 0 aliphatic heterocycles. The number of aryl methyl sites for hydroxylation is 1. The quantitative estimate of drug-likeness (QED) is 0.729. The van der Waals surface area contributed by atoms with Gasteiger partial charge in [-0.3, -0.25) is 10.1 Å². The predicted octanol–water partition coefficient (Wildman–Crippen LogP) is 2.17. The van der Waals surface area contributed by atoms with E-state index >= 15 is 0 Å². The molecule has 2 heterocycles. The fourth-order valence-corrected chi connectivity index (χ4v) is 2.42. The maximum atomic E-state index is 12.1. The zero-order chi connectivity index (χ0) is 16.4. The Balaban J connectivity index is 1.65. The van der Waals surface area contributed by atoms with Gasteiger partial charge in [-0.1, -0.05) is 11.3 Å². The summed E-state index contributed by atoms with van der Waals surface area (Å²) in [6.45, 7) is 3.26. The number of rotatable bonds is 4. The highest BCUT2D eigenvalue weighted by Gasteiger charge is 2.20. The molecule has 0 saturated carbocycles. The van der Waals surface area contributed by atoms with E-state index in [1.807, 2.05) is 0 Å². The first-order valence-corrected chi connectivity index (χ1v) is 7.50. The number of anilines is 1. The minimum absolute atomic E-state index is 0.290. The summed E-state index contributed by atoms with van der Waals surface area (Å²) in [5.74, 6) is -1.09. The van der Waals surface area contributed by atoms with Crippen molar-refractivity contribution in [2.24, 2.45) is 0 Å². The predicted molar refractivity (Wildman–Crippen MR) is 82.2 cm³/mol. The largest absolute Gasteiger partial charge is 0.449 e. The third kappa shape index (κ3) is 3.34. The molecule has 23 heavy (non-hydrogen) atoms. The third-order valence-electron chi connectivity index (χ3n) is 2.98. The lowest BCUT2D eigenvalue weighted by Gasteiger charge is -2.12. The molecule has 1 unspecified atom stereocenters. The third-order valence-corrected chi connectivity index (χ3v) is 3.73. The number of nitrogens with zero attached hydrogens (tertiary/aromatic N) is 3. The Morgan fingerprint density at radius 1 is 1.35 bits per heavy atom. The Labute approximate surface area is 134 Å². The summed E-state index contributed by atoms with van der Waals surface area (Å²) in [6.07, 6.45) is 0.319. The Hall–Kier alpha value is -2.81. The number of fused-ring (bicyclic) bond motifs is 1. The van der Waals surface area contributed by atoms with Crippen LogP contribution >= 0.6 is 11.3 Å². The Kier molecular flexibility index (Phi) is 4.02. The molecule has 1 N–H and O–H groups in total. The first-order chi connectivity index (χ1) is 11.0. The van der Waals surface area contributed by atoms with Crippen LogP contribution in [0.4, 0.5) is 5.13 Å². The van der Waals surface area contributed by atoms with Crippen molar-refractivity contribution in [1.29, 1.82) is 0 Å². The summed E-state index contributed by atoms with van der Waals surface area (Å²) >= 11 is 1.24. The standard InChI is InChI=1S/C14H12N4O4S/c1-7(12(19)16-14-18-17-8(2)23-14)22-13(20)9-3-4-11-10(5-9)15-6-21-11/h3-7H,1-2H3,(H,16,18,19). The number of esters is 1. The highest BCUT2D eigenvalue weighted by atomic mass is 32.1. The van der Waals surface area contributed by atoms with Gasteiger partial charge >= 0.3 is 5.97 Å². The number of carbonyl (C=O) groups is 2. The van der Waals surface area contributed by atoms with E-state index in [9.17, 15) is 9.59 Å². The van der Waals surface area contributed by atoms with Crippen LogP contribution < -0.4 is 5.32 Å². The number of carbonyl (C=O) groups excluding carboxylic acids is 2. The molecule has 0 aliphatic rings. The van der Waals surface area contributed by atoms with Crippen molar-refractivity contribution in [3.8, 4) is 0 Å². The first-order valence-electron chi connectivity index (χ1n) is 6.68. The van der Waals surface area contributed by atoms with E-state index in [1.54, 1.807) is 25.1 Å². The molecule has 0 aliphatic carbocycles.